The topological polar surface area (TPSA) is 123 Å². The van der Waals surface area contributed by atoms with E-state index in [1.54, 1.807) is 0 Å². The number of carbonyl (C=O) groups is 1. The Morgan fingerprint density at radius 1 is 1.26 bits per heavy atom. The number of carbonyl (C=O) groups excluding carboxylic acids is 1. The van der Waals surface area contributed by atoms with Gasteiger partial charge in [-0.1, -0.05) is 6.58 Å². The second-order valence-corrected chi connectivity index (χ2v) is 9.22. The molecule has 0 atom stereocenters. The smallest absolute Gasteiger partial charge is 0.248 e. The molecule has 0 radical (unpaired) electrons. The fraction of sp³-hybridized carbons (Fsp3) is 0.440. The number of benzene rings is 1. The van der Waals surface area contributed by atoms with Crippen molar-refractivity contribution >= 4 is 34.6 Å². The van der Waals surface area contributed by atoms with Gasteiger partial charge in [0.05, 0.1) is 6.20 Å². The van der Waals surface area contributed by atoms with E-state index in [0.717, 1.165) is 44.5 Å². The van der Waals surface area contributed by atoms with E-state index in [0.29, 0.717) is 40.7 Å². The lowest BCUT2D eigenvalue weighted by Crippen LogP contribution is -2.42. The second kappa shape index (κ2) is 10.1. The molecule has 0 spiro atoms. The van der Waals surface area contributed by atoms with Gasteiger partial charge in [-0.25, -0.2) is 4.98 Å². The third-order valence-corrected chi connectivity index (χ3v) is 6.79. The predicted molar refractivity (Wildman–Crippen MR) is 135 cm³/mol. The van der Waals surface area contributed by atoms with E-state index >= 15 is 0 Å². The van der Waals surface area contributed by atoms with Crippen molar-refractivity contribution in [2.75, 3.05) is 42.7 Å². The number of nitrogens with two attached hydrogens (primary N) is 1. The van der Waals surface area contributed by atoms with Gasteiger partial charge < -0.3 is 26.2 Å². The van der Waals surface area contributed by atoms with Crippen LogP contribution in [-0.2, 0) is 4.79 Å². The van der Waals surface area contributed by atoms with Crippen molar-refractivity contribution in [1.29, 1.82) is 5.26 Å². The quantitative estimate of drug-likeness (QED) is 0.514. The van der Waals surface area contributed by atoms with E-state index in [2.05, 4.69) is 57.1 Å². The number of primary amides is 1. The highest BCUT2D eigenvalue weighted by atomic mass is 16.1. The minimum absolute atomic E-state index is 0.217. The fourth-order valence-corrected chi connectivity index (χ4v) is 4.36. The summed E-state index contributed by atoms with van der Waals surface area (Å²) in [6, 6.07) is 8.91. The summed E-state index contributed by atoms with van der Waals surface area (Å²) >= 11 is 0. The Morgan fingerprint density at radius 2 is 2.00 bits per heavy atom. The lowest BCUT2D eigenvalue weighted by atomic mass is 9.93. The van der Waals surface area contributed by atoms with Gasteiger partial charge in [-0.2, -0.15) is 10.2 Å². The van der Waals surface area contributed by atoms with Crippen molar-refractivity contribution in [2.45, 2.75) is 44.2 Å². The number of aromatic nitrogens is 2. The molecule has 9 nitrogen and oxygen atoms in total. The summed E-state index contributed by atoms with van der Waals surface area (Å²) < 4.78 is 0. The summed E-state index contributed by atoms with van der Waals surface area (Å²) in [4.78, 5) is 25.4. The van der Waals surface area contributed by atoms with Crippen molar-refractivity contribution in [3.8, 4) is 6.07 Å². The van der Waals surface area contributed by atoms with E-state index in [4.69, 9.17) is 5.73 Å². The summed E-state index contributed by atoms with van der Waals surface area (Å²) in [5.74, 6) is 0.263. The van der Waals surface area contributed by atoms with Crippen LogP contribution in [0.1, 0.15) is 43.2 Å². The number of rotatable bonds is 8. The summed E-state index contributed by atoms with van der Waals surface area (Å²) in [5.41, 5.74) is 8.47. The molecule has 1 saturated heterocycles. The number of hydrogen-bond donors (Lipinski definition) is 3. The van der Waals surface area contributed by atoms with Crippen LogP contribution in [0.15, 0.2) is 31.0 Å². The van der Waals surface area contributed by atoms with Gasteiger partial charge in [-0.05, 0) is 64.4 Å². The van der Waals surface area contributed by atoms with Crippen molar-refractivity contribution in [2.24, 2.45) is 5.73 Å². The third kappa shape index (κ3) is 5.13. The molecule has 2 aliphatic rings. The third-order valence-electron chi connectivity index (χ3n) is 6.79. The van der Waals surface area contributed by atoms with Gasteiger partial charge in [0.1, 0.15) is 17.5 Å². The molecular formula is C25H32N8O. The van der Waals surface area contributed by atoms with Crippen LogP contribution in [0.5, 0.6) is 0 Å². The molecule has 178 valence electrons. The van der Waals surface area contributed by atoms with Crippen LogP contribution in [0.3, 0.4) is 0 Å². The number of nitriles is 1. The van der Waals surface area contributed by atoms with Gasteiger partial charge in [0.2, 0.25) is 11.9 Å². The van der Waals surface area contributed by atoms with E-state index < -0.39 is 5.91 Å². The minimum Gasteiger partial charge on any atom is -0.371 e. The maximum Gasteiger partial charge on any atom is 0.248 e. The van der Waals surface area contributed by atoms with E-state index in [-0.39, 0.29) is 5.57 Å². The number of anilines is 4. The molecule has 34 heavy (non-hydrogen) atoms. The van der Waals surface area contributed by atoms with Crippen LogP contribution < -0.4 is 21.3 Å². The van der Waals surface area contributed by atoms with Crippen LogP contribution in [-0.4, -0.2) is 60.0 Å². The molecule has 2 heterocycles. The molecule has 1 aliphatic heterocycles. The standard InChI is InChI=1S/C25H32N8O/c1-16(23(27)34)21-13-20(33-11-9-19(10-12-33)32(2)3)7-8-22(21)30-25-28-15-17(14-26)24(31-25)29-18-5-4-6-18/h7-8,13,15,18-19H,1,4-6,9-12H2,2-3H3,(H2,27,34)(H2,28,29,30,31). The van der Waals surface area contributed by atoms with Crippen LogP contribution in [0.4, 0.5) is 23.1 Å². The van der Waals surface area contributed by atoms with Crippen LogP contribution in [0.25, 0.3) is 5.57 Å². The maximum atomic E-state index is 12.0. The van der Waals surface area contributed by atoms with Gasteiger partial charge in [-0.3, -0.25) is 4.79 Å². The highest BCUT2D eigenvalue weighted by molar-refractivity contribution is 6.19. The molecule has 0 unspecified atom stereocenters. The summed E-state index contributed by atoms with van der Waals surface area (Å²) in [7, 11) is 4.24. The Kier molecular flexibility index (Phi) is 6.98. The second-order valence-electron chi connectivity index (χ2n) is 9.22. The van der Waals surface area contributed by atoms with Gasteiger partial charge in [0, 0.05) is 47.7 Å². The van der Waals surface area contributed by atoms with Gasteiger partial charge >= 0.3 is 0 Å². The summed E-state index contributed by atoms with van der Waals surface area (Å²) in [5, 5.41) is 15.9. The molecule has 1 saturated carbocycles. The summed E-state index contributed by atoms with van der Waals surface area (Å²) in [6.07, 6.45) is 6.96. The molecule has 1 amide bonds. The number of nitrogens with one attached hydrogen (secondary N) is 2. The SMILES string of the molecule is C=C(C(N)=O)c1cc(N2CCC(N(C)C)CC2)ccc1Nc1ncc(C#N)c(NC2CCC2)n1. The highest BCUT2D eigenvalue weighted by Crippen LogP contribution is 2.32. The molecule has 1 aromatic heterocycles. The zero-order valence-electron chi connectivity index (χ0n) is 19.8. The number of piperidine rings is 1. The fourth-order valence-electron chi connectivity index (χ4n) is 4.36. The average molecular weight is 461 g/mol. The van der Waals surface area contributed by atoms with Gasteiger partial charge in [0.15, 0.2) is 0 Å². The molecule has 1 aliphatic carbocycles. The van der Waals surface area contributed by atoms with Crippen molar-refractivity contribution in [3.05, 3.63) is 42.1 Å². The van der Waals surface area contributed by atoms with E-state index in [1.165, 1.54) is 12.6 Å². The zero-order chi connectivity index (χ0) is 24.2. The van der Waals surface area contributed by atoms with Crippen LogP contribution in [0, 0.1) is 11.3 Å². The van der Waals surface area contributed by atoms with Crippen molar-refractivity contribution in [1.82, 2.24) is 14.9 Å². The number of amides is 1. The van der Waals surface area contributed by atoms with Crippen LogP contribution in [0.2, 0.25) is 0 Å². The van der Waals surface area contributed by atoms with E-state index in [1.807, 2.05) is 18.2 Å². The van der Waals surface area contributed by atoms with Gasteiger partial charge in [-0.15, -0.1) is 0 Å². The lowest BCUT2D eigenvalue weighted by molar-refractivity contribution is -0.112. The predicted octanol–water partition coefficient (Wildman–Crippen LogP) is 3.09. The Balaban J connectivity index is 1.59. The number of nitrogens with zero attached hydrogens (tertiary/aromatic N) is 5. The molecular weight excluding hydrogens is 428 g/mol. The number of hydrogen-bond acceptors (Lipinski definition) is 8. The molecule has 9 heteroatoms. The van der Waals surface area contributed by atoms with E-state index in [9.17, 15) is 10.1 Å². The molecule has 4 N–H and O–H groups in total. The van der Waals surface area contributed by atoms with Crippen LogP contribution >= 0.6 is 0 Å². The minimum atomic E-state index is -0.584. The monoisotopic (exact) mass is 460 g/mol. The highest BCUT2D eigenvalue weighted by Gasteiger charge is 2.23. The molecule has 0 bridgehead atoms. The maximum absolute atomic E-state index is 12.0. The largest absolute Gasteiger partial charge is 0.371 e. The zero-order valence-corrected chi connectivity index (χ0v) is 19.8. The van der Waals surface area contributed by atoms with Crippen molar-refractivity contribution in [3.63, 3.8) is 0 Å². The molecule has 4 rings (SSSR count). The van der Waals surface area contributed by atoms with Gasteiger partial charge in [0.25, 0.3) is 0 Å². The normalized spacial score (nSPS) is 16.6. The molecule has 2 fully saturated rings. The molecule has 1 aromatic carbocycles. The Labute approximate surface area is 200 Å². The first-order chi connectivity index (χ1) is 16.4. The molecule has 2 aromatic rings. The Hall–Kier alpha value is -3.64. The van der Waals surface area contributed by atoms with Crippen molar-refractivity contribution < 1.29 is 4.79 Å². The first-order valence-corrected chi connectivity index (χ1v) is 11.7. The average Bonchev–Trinajstić information content (AvgIpc) is 2.81. The first kappa shape index (κ1) is 23.5. The Morgan fingerprint density at radius 3 is 2.59 bits per heavy atom. The summed E-state index contributed by atoms with van der Waals surface area (Å²) in [6.45, 7) is 5.79. The Bertz CT molecular complexity index is 1110. The lowest BCUT2D eigenvalue weighted by Gasteiger charge is -2.36. The first-order valence-electron chi connectivity index (χ1n) is 11.7.